The van der Waals surface area contributed by atoms with Crippen LogP contribution in [0.2, 0.25) is 0 Å². The van der Waals surface area contributed by atoms with Gasteiger partial charge in [0.15, 0.2) is 0 Å². The summed E-state index contributed by atoms with van der Waals surface area (Å²) in [6.45, 7) is 6.06. The molecule has 0 spiro atoms. The first kappa shape index (κ1) is 24.9. The van der Waals surface area contributed by atoms with Crippen LogP contribution in [0.15, 0.2) is 59.5 Å². The predicted octanol–water partition coefficient (Wildman–Crippen LogP) is 2.46. The molecule has 33 heavy (non-hydrogen) atoms. The summed E-state index contributed by atoms with van der Waals surface area (Å²) >= 11 is 0. The Labute approximate surface area is 196 Å². The highest BCUT2D eigenvalue weighted by atomic mass is 32.2. The number of amides is 2. The summed E-state index contributed by atoms with van der Waals surface area (Å²) in [6.07, 6.45) is 0.301. The number of likely N-dealkylation sites (N-methyl/N-ethyl adjacent to an activating group) is 1. The van der Waals surface area contributed by atoms with E-state index in [4.69, 9.17) is 0 Å². The maximum atomic E-state index is 13.1. The molecule has 2 amide bonds. The third kappa shape index (κ3) is 6.63. The molecule has 0 saturated carbocycles. The molecule has 1 atom stereocenters. The van der Waals surface area contributed by atoms with Crippen LogP contribution in [0.1, 0.15) is 31.9 Å². The first-order valence-corrected chi connectivity index (χ1v) is 12.5. The quantitative estimate of drug-likeness (QED) is 0.615. The first-order chi connectivity index (χ1) is 15.7. The van der Waals surface area contributed by atoms with Crippen LogP contribution in [0.4, 0.5) is 5.69 Å². The maximum Gasteiger partial charge on any atom is 0.251 e. The molecule has 2 N–H and O–H groups in total. The van der Waals surface area contributed by atoms with Gasteiger partial charge in [-0.1, -0.05) is 50.2 Å². The fourth-order valence-electron chi connectivity index (χ4n) is 3.66. The number of benzene rings is 2. The largest absolute Gasteiger partial charge is 0.341 e. The summed E-state index contributed by atoms with van der Waals surface area (Å²) in [5, 5.41) is 5.58. The molecular formula is C24H32N4O4S. The molecule has 9 heteroatoms. The molecule has 0 radical (unpaired) electrons. The molecule has 1 fully saturated rings. The van der Waals surface area contributed by atoms with Crippen molar-refractivity contribution >= 4 is 27.5 Å². The van der Waals surface area contributed by atoms with E-state index in [0.29, 0.717) is 43.9 Å². The van der Waals surface area contributed by atoms with Crippen molar-refractivity contribution in [1.82, 2.24) is 14.5 Å². The van der Waals surface area contributed by atoms with Gasteiger partial charge in [-0.3, -0.25) is 9.59 Å². The Kier molecular flexibility index (Phi) is 8.23. The monoisotopic (exact) mass is 472 g/mol. The molecule has 178 valence electrons. The lowest BCUT2D eigenvalue weighted by atomic mass is 10.0. The van der Waals surface area contributed by atoms with Crippen molar-refractivity contribution in [3.63, 3.8) is 0 Å². The van der Waals surface area contributed by atoms with Gasteiger partial charge in [-0.05, 0) is 36.7 Å². The highest BCUT2D eigenvalue weighted by Gasteiger charge is 2.28. The Hall–Kier alpha value is -2.75. The molecule has 0 aromatic heterocycles. The molecule has 2 aromatic rings. The topological polar surface area (TPSA) is 98.8 Å². The third-order valence-electron chi connectivity index (χ3n) is 5.50. The summed E-state index contributed by atoms with van der Waals surface area (Å²) in [6, 6.07) is 14.3. The van der Waals surface area contributed by atoms with E-state index >= 15 is 0 Å². The fraction of sp³-hybridized carbons (Fsp3) is 0.417. The van der Waals surface area contributed by atoms with Gasteiger partial charge in [-0.25, -0.2) is 8.42 Å². The summed E-state index contributed by atoms with van der Waals surface area (Å²) in [4.78, 5) is 27.8. The van der Waals surface area contributed by atoms with E-state index in [9.17, 15) is 18.0 Å². The predicted molar refractivity (Wildman–Crippen MR) is 128 cm³/mol. The highest BCUT2D eigenvalue weighted by Crippen LogP contribution is 2.22. The number of hydrogen-bond acceptors (Lipinski definition) is 5. The molecule has 0 bridgehead atoms. The zero-order chi connectivity index (χ0) is 24.0. The van der Waals surface area contributed by atoms with Crippen molar-refractivity contribution in [3.8, 4) is 0 Å². The average Bonchev–Trinajstić information content (AvgIpc) is 2.78. The summed E-state index contributed by atoms with van der Waals surface area (Å²) in [5.41, 5.74) is 1.00. The van der Waals surface area contributed by atoms with Gasteiger partial charge in [0.25, 0.3) is 5.91 Å². The minimum atomic E-state index is -3.66. The fourth-order valence-corrected chi connectivity index (χ4v) is 5.13. The van der Waals surface area contributed by atoms with Gasteiger partial charge < -0.3 is 15.5 Å². The van der Waals surface area contributed by atoms with Crippen LogP contribution in [-0.4, -0.2) is 62.7 Å². The minimum absolute atomic E-state index is 0.130. The number of sulfonamides is 1. The Bertz CT molecular complexity index is 1060. The minimum Gasteiger partial charge on any atom is -0.341 e. The van der Waals surface area contributed by atoms with Crippen LogP contribution in [0.25, 0.3) is 0 Å². The molecule has 3 rings (SSSR count). The zero-order valence-electron chi connectivity index (χ0n) is 19.3. The van der Waals surface area contributed by atoms with Gasteiger partial charge in [0.2, 0.25) is 15.9 Å². The Balaban J connectivity index is 1.79. The van der Waals surface area contributed by atoms with Crippen molar-refractivity contribution in [2.45, 2.75) is 31.2 Å². The number of rotatable bonds is 8. The summed E-state index contributed by atoms with van der Waals surface area (Å²) in [7, 11) is -1.70. The second-order valence-electron chi connectivity index (χ2n) is 8.73. The lowest BCUT2D eigenvalue weighted by molar-refractivity contribution is -0.127. The van der Waals surface area contributed by atoms with Crippen molar-refractivity contribution < 1.29 is 18.0 Å². The van der Waals surface area contributed by atoms with Crippen LogP contribution in [0, 0.1) is 5.92 Å². The number of carbonyl (C=O) groups is 2. The molecule has 2 aromatic carbocycles. The van der Waals surface area contributed by atoms with E-state index in [1.165, 1.54) is 16.4 Å². The van der Waals surface area contributed by atoms with E-state index in [2.05, 4.69) is 15.5 Å². The van der Waals surface area contributed by atoms with E-state index < -0.39 is 22.0 Å². The van der Waals surface area contributed by atoms with Crippen molar-refractivity contribution in [2.75, 3.05) is 38.5 Å². The van der Waals surface area contributed by atoms with E-state index in [1.807, 2.05) is 27.0 Å². The normalized spacial score (nSPS) is 16.4. The van der Waals surface area contributed by atoms with Crippen molar-refractivity contribution in [1.29, 1.82) is 0 Å². The lowest BCUT2D eigenvalue weighted by Crippen LogP contribution is -2.47. The van der Waals surface area contributed by atoms with Crippen LogP contribution in [0.3, 0.4) is 0 Å². The molecule has 1 aliphatic rings. The van der Waals surface area contributed by atoms with E-state index in [1.54, 1.807) is 36.4 Å². The molecule has 0 aliphatic carbocycles. The highest BCUT2D eigenvalue weighted by molar-refractivity contribution is 7.89. The smallest absolute Gasteiger partial charge is 0.251 e. The second kappa shape index (κ2) is 10.9. The van der Waals surface area contributed by atoms with Crippen molar-refractivity contribution in [2.24, 2.45) is 5.92 Å². The lowest BCUT2D eigenvalue weighted by Gasteiger charge is -2.31. The number of piperazine rings is 1. The Morgan fingerprint density at radius 2 is 1.64 bits per heavy atom. The van der Waals surface area contributed by atoms with Crippen molar-refractivity contribution in [3.05, 3.63) is 60.2 Å². The van der Waals surface area contributed by atoms with Crippen LogP contribution in [-0.2, 0) is 19.6 Å². The SMILES string of the molecule is CC(C)CC(=O)NC(C(=O)Nc1cccc(S(=O)(=O)N2CCN(C)CC2)c1)c1ccccc1. The van der Waals surface area contributed by atoms with Gasteiger partial charge in [0.05, 0.1) is 4.90 Å². The van der Waals surface area contributed by atoms with Crippen LogP contribution >= 0.6 is 0 Å². The molecule has 1 unspecified atom stereocenters. The Morgan fingerprint density at radius 1 is 0.970 bits per heavy atom. The second-order valence-corrected chi connectivity index (χ2v) is 10.7. The average molecular weight is 473 g/mol. The first-order valence-electron chi connectivity index (χ1n) is 11.1. The molecule has 1 aliphatic heterocycles. The van der Waals surface area contributed by atoms with E-state index in [-0.39, 0.29) is 16.7 Å². The molecule has 1 saturated heterocycles. The number of hydrogen-bond donors (Lipinski definition) is 2. The summed E-state index contributed by atoms with van der Waals surface area (Å²) < 4.78 is 27.6. The van der Waals surface area contributed by atoms with E-state index in [0.717, 1.165) is 0 Å². The Morgan fingerprint density at radius 3 is 2.27 bits per heavy atom. The van der Waals surface area contributed by atoms with Gasteiger partial charge in [0.1, 0.15) is 6.04 Å². The van der Waals surface area contributed by atoms with Gasteiger partial charge in [0, 0.05) is 38.3 Å². The van der Waals surface area contributed by atoms with Crippen LogP contribution < -0.4 is 10.6 Å². The third-order valence-corrected chi connectivity index (χ3v) is 7.39. The number of carbonyl (C=O) groups excluding carboxylic acids is 2. The van der Waals surface area contributed by atoms with Gasteiger partial charge in [-0.15, -0.1) is 0 Å². The number of nitrogens with zero attached hydrogens (tertiary/aromatic N) is 2. The number of anilines is 1. The number of nitrogens with one attached hydrogen (secondary N) is 2. The van der Waals surface area contributed by atoms with Gasteiger partial charge >= 0.3 is 0 Å². The molecule has 8 nitrogen and oxygen atoms in total. The standard InChI is InChI=1S/C24H32N4O4S/c1-18(2)16-22(29)26-23(19-8-5-4-6-9-19)24(30)25-20-10-7-11-21(17-20)33(31,32)28-14-12-27(3)13-15-28/h4-11,17-18,23H,12-16H2,1-3H3,(H,25,30)(H,26,29). The zero-order valence-corrected chi connectivity index (χ0v) is 20.1. The van der Waals surface area contributed by atoms with Gasteiger partial charge in [-0.2, -0.15) is 4.31 Å². The molecular weight excluding hydrogens is 440 g/mol. The van der Waals surface area contributed by atoms with Crippen LogP contribution in [0.5, 0.6) is 0 Å². The summed E-state index contributed by atoms with van der Waals surface area (Å²) in [5.74, 6) is -0.506. The molecule has 1 heterocycles. The maximum absolute atomic E-state index is 13.1.